The minimum atomic E-state index is 0.112. The maximum absolute atomic E-state index is 12.8. The van der Waals surface area contributed by atoms with E-state index in [1.807, 2.05) is 0 Å². The molecule has 0 radical (unpaired) electrons. The molecule has 3 saturated carbocycles. The number of nitrogens with one attached hydrogen (secondary N) is 3. The molecule has 5 nitrogen and oxygen atoms in total. The van der Waals surface area contributed by atoms with Crippen LogP contribution in [0.15, 0.2) is 12.3 Å². The fourth-order valence-corrected chi connectivity index (χ4v) is 7.72. The Balaban J connectivity index is 1.41. The third-order valence-corrected chi connectivity index (χ3v) is 8.51. The summed E-state index contributed by atoms with van der Waals surface area (Å²) >= 11 is 0. The van der Waals surface area contributed by atoms with Crippen LogP contribution in [0.5, 0.6) is 0 Å². The van der Waals surface area contributed by atoms with Gasteiger partial charge in [0, 0.05) is 43.4 Å². The van der Waals surface area contributed by atoms with E-state index in [1.54, 1.807) is 0 Å². The molecule has 134 valence electrons. The minimum Gasteiger partial charge on any atom is -0.388 e. The quantitative estimate of drug-likeness (QED) is 0.610. The highest BCUT2D eigenvalue weighted by Crippen LogP contribution is 2.57. The summed E-state index contributed by atoms with van der Waals surface area (Å²) in [4.78, 5) is 25.0. The molecule has 5 fully saturated rings. The van der Waals surface area contributed by atoms with Crippen LogP contribution in [0, 0.1) is 41.4 Å². The molecule has 0 aromatic rings. The lowest BCUT2D eigenvalue weighted by Gasteiger charge is -2.53. The van der Waals surface area contributed by atoms with Crippen molar-refractivity contribution in [3.05, 3.63) is 12.3 Å². The molecule has 3 N–H and O–H groups in total. The molecule has 0 bridgehead atoms. The normalized spacial score (nSPS) is 55.5. The van der Waals surface area contributed by atoms with Gasteiger partial charge in [0.1, 0.15) is 5.78 Å². The van der Waals surface area contributed by atoms with Gasteiger partial charge >= 0.3 is 0 Å². The van der Waals surface area contributed by atoms with Gasteiger partial charge in [-0.3, -0.25) is 9.59 Å². The molecule has 0 aromatic heterocycles. The van der Waals surface area contributed by atoms with E-state index in [9.17, 15) is 9.59 Å². The van der Waals surface area contributed by atoms with Crippen molar-refractivity contribution in [2.75, 3.05) is 6.54 Å². The highest BCUT2D eigenvalue weighted by Gasteiger charge is 2.64. The van der Waals surface area contributed by atoms with Gasteiger partial charge < -0.3 is 16.0 Å². The molecule has 6 aliphatic rings. The molecule has 25 heavy (non-hydrogen) atoms. The Morgan fingerprint density at radius 1 is 0.960 bits per heavy atom. The molecule has 3 aliphatic carbocycles. The standard InChI is InChI=1S/C20H27N3O2/c24-10-2-4-14-12(7-10)16-17-13(8-22-20(17)25)15-11(19(16)23-14)3-1-9-5-6-21-18(9)15/h5-6,9,11-19,21,23H,1-4,7-8H2,(H,22,25). The van der Waals surface area contributed by atoms with Gasteiger partial charge in [-0.2, -0.15) is 0 Å². The first-order chi connectivity index (χ1) is 12.2. The molecular formula is C20H27N3O2. The lowest BCUT2D eigenvalue weighted by Crippen LogP contribution is -2.60. The van der Waals surface area contributed by atoms with Crippen LogP contribution in [0.1, 0.15) is 32.1 Å². The number of rotatable bonds is 0. The Morgan fingerprint density at radius 2 is 1.88 bits per heavy atom. The SMILES string of the molecule is O=C1CCC2NC3C4CCC5C=CNC5C4C4CNC(=O)C4C3C2C1. The summed E-state index contributed by atoms with van der Waals surface area (Å²) < 4.78 is 0. The number of amides is 1. The highest BCUT2D eigenvalue weighted by atomic mass is 16.2. The smallest absolute Gasteiger partial charge is 0.223 e. The predicted octanol–water partition coefficient (Wildman–Crippen LogP) is 0.816. The lowest BCUT2D eigenvalue weighted by atomic mass is 9.52. The van der Waals surface area contributed by atoms with Crippen molar-refractivity contribution in [2.24, 2.45) is 41.4 Å². The van der Waals surface area contributed by atoms with E-state index in [4.69, 9.17) is 0 Å². The highest BCUT2D eigenvalue weighted by molar-refractivity contribution is 5.83. The Kier molecular flexibility index (Phi) is 3.01. The van der Waals surface area contributed by atoms with Gasteiger partial charge in [-0.1, -0.05) is 6.08 Å². The molecule has 5 heteroatoms. The summed E-state index contributed by atoms with van der Waals surface area (Å²) in [5.41, 5.74) is 0. The third-order valence-electron chi connectivity index (χ3n) is 8.51. The number of hydrogen-bond donors (Lipinski definition) is 3. The van der Waals surface area contributed by atoms with E-state index < -0.39 is 0 Å². The van der Waals surface area contributed by atoms with Crippen molar-refractivity contribution in [3.8, 4) is 0 Å². The Hall–Kier alpha value is -1.36. The molecule has 3 aliphatic heterocycles. The summed E-state index contributed by atoms with van der Waals surface area (Å²) in [5, 5.41) is 10.8. The summed E-state index contributed by atoms with van der Waals surface area (Å²) in [6.07, 6.45) is 9.38. The zero-order valence-electron chi connectivity index (χ0n) is 14.5. The van der Waals surface area contributed by atoms with Crippen molar-refractivity contribution < 1.29 is 9.59 Å². The lowest BCUT2D eigenvalue weighted by molar-refractivity contribution is -0.131. The maximum atomic E-state index is 12.8. The predicted molar refractivity (Wildman–Crippen MR) is 92.3 cm³/mol. The monoisotopic (exact) mass is 341 g/mol. The average Bonchev–Trinajstić information content (AvgIpc) is 3.30. The average molecular weight is 341 g/mol. The molecule has 0 aromatic carbocycles. The van der Waals surface area contributed by atoms with Crippen LogP contribution in [0.4, 0.5) is 0 Å². The second kappa shape index (κ2) is 5.09. The second-order valence-corrected chi connectivity index (χ2v) is 9.29. The second-order valence-electron chi connectivity index (χ2n) is 9.29. The maximum Gasteiger partial charge on any atom is 0.223 e. The number of hydrogen-bond acceptors (Lipinski definition) is 4. The zero-order chi connectivity index (χ0) is 16.7. The Bertz CT molecular complexity index is 661. The van der Waals surface area contributed by atoms with Gasteiger partial charge in [0.15, 0.2) is 0 Å². The number of Topliss-reactive ketones (excluding diaryl/α,β-unsaturated/α-hetero) is 1. The van der Waals surface area contributed by atoms with Gasteiger partial charge in [-0.25, -0.2) is 0 Å². The van der Waals surface area contributed by atoms with Crippen LogP contribution in [-0.4, -0.2) is 36.4 Å². The topological polar surface area (TPSA) is 70.2 Å². The van der Waals surface area contributed by atoms with Crippen LogP contribution in [-0.2, 0) is 9.59 Å². The molecule has 6 rings (SSSR count). The molecule has 3 heterocycles. The van der Waals surface area contributed by atoms with Crippen molar-refractivity contribution in [2.45, 2.75) is 50.2 Å². The molecule has 10 unspecified atom stereocenters. The Labute approximate surface area is 148 Å². The fourth-order valence-electron chi connectivity index (χ4n) is 7.72. The van der Waals surface area contributed by atoms with Crippen LogP contribution in [0.25, 0.3) is 0 Å². The van der Waals surface area contributed by atoms with E-state index in [-0.39, 0.29) is 11.8 Å². The Morgan fingerprint density at radius 3 is 2.80 bits per heavy atom. The van der Waals surface area contributed by atoms with E-state index >= 15 is 0 Å². The number of fused-ring (bicyclic) bond motifs is 10. The van der Waals surface area contributed by atoms with Gasteiger partial charge in [0.25, 0.3) is 0 Å². The molecule has 0 spiro atoms. The van der Waals surface area contributed by atoms with Crippen molar-refractivity contribution >= 4 is 11.7 Å². The molecule has 1 amide bonds. The number of carbonyl (C=O) groups is 2. The summed E-state index contributed by atoms with van der Waals surface area (Å²) in [7, 11) is 0. The number of carbonyl (C=O) groups excluding carboxylic acids is 2. The summed E-state index contributed by atoms with van der Waals surface area (Å²) in [6.45, 7) is 0.837. The van der Waals surface area contributed by atoms with Gasteiger partial charge in [-0.05, 0) is 61.0 Å². The number of ketones is 1. The molecule has 10 atom stereocenters. The first-order valence-corrected chi connectivity index (χ1v) is 10.2. The first kappa shape index (κ1) is 14.8. The largest absolute Gasteiger partial charge is 0.388 e. The summed E-state index contributed by atoms with van der Waals surface area (Å²) in [6, 6.07) is 1.39. The van der Waals surface area contributed by atoms with Crippen LogP contribution in [0.3, 0.4) is 0 Å². The summed E-state index contributed by atoms with van der Waals surface area (Å²) in [5.74, 6) is 3.83. The van der Waals surface area contributed by atoms with Gasteiger partial charge in [0.05, 0.1) is 0 Å². The van der Waals surface area contributed by atoms with E-state index in [0.29, 0.717) is 65.8 Å². The van der Waals surface area contributed by atoms with E-state index in [2.05, 4.69) is 28.2 Å². The van der Waals surface area contributed by atoms with Crippen LogP contribution < -0.4 is 16.0 Å². The van der Waals surface area contributed by atoms with Crippen LogP contribution >= 0.6 is 0 Å². The molecule has 2 saturated heterocycles. The van der Waals surface area contributed by atoms with E-state index in [1.165, 1.54) is 12.8 Å². The molecular weight excluding hydrogens is 314 g/mol. The first-order valence-electron chi connectivity index (χ1n) is 10.2. The van der Waals surface area contributed by atoms with Crippen molar-refractivity contribution in [3.63, 3.8) is 0 Å². The van der Waals surface area contributed by atoms with Gasteiger partial charge in [-0.15, -0.1) is 0 Å². The third kappa shape index (κ3) is 1.88. The van der Waals surface area contributed by atoms with Crippen LogP contribution in [0.2, 0.25) is 0 Å². The van der Waals surface area contributed by atoms with Crippen molar-refractivity contribution in [1.82, 2.24) is 16.0 Å². The van der Waals surface area contributed by atoms with E-state index in [0.717, 1.165) is 19.4 Å². The van der Waals surface area contributed by atoms with Crippen molar-refractivity contribution in [1.29, 1.82) is 0 Å². The minimum absolute atomic E-state index is 0.112. The fraction of sp³-hybridized carbons (Fsp3) is 0.800. The van der Waals surface area contributed by atoms with Gasteiger partial charge in [0.2, 0.25) is 5.91 Å². The zero-order valence-corrected chi connectivity index (χ0v) is 14.5.